The molecular formula is C11H9F3N4O. The van der Waals surface area contributed by atoms with E-state index in [1.54, 1.807) is 6.92 Å². The van der Waals surface area contributed by atoms with Crippen LogP contribution in [0.4, 0.5) is 18.9 Å². The van der Waals surface area contributed by atoms with Crippen LogP contribution in [0.25, 0.3) is 0 Å². The van der Waals surface area contributed by atoms with Gasteiger partial charge in [0.05, 0.1) is 5.69 Å². The molecule has 0 spiro atoms. The summed E-state index contributed by atoms with van der Waals surface area (Å²) in [5, 5.41) is 8.10. The Hall–Kier alpha value is -2.38. The van der Waals surface area contributed by atoms with E-state index in [1.807, 2.05) is 5.32 Å². The highest BCUT2D eigenvalue weighted by Crippen LogP contribution is 2.19. The van der Waals surface area contributed by atoms with Gasteiger partial charge in [0, 0.05) is 18.6 Å². The lowest BCUT2D eigenvalue weighted by Crippen LogP contribution is -2.15. The molecule has 0 fully saturated rings. The predicted octanol–water partition coefficient (Wildman–Crippen LogP) is 2.04. The van der Waals surface area contributed by atoms with Crippen LogP contribution < -0.4 is 5.32 Å². The molecule has 1 heterocycles. The van der Waals surface area contributed by atoms with Crippen LogP contribution >= 0.6 is 0 Å². The number of carbonyl (C=O) groups is 1. The summed E-state index contributed by atoms with van der Waals surface area (Å²) in [5.74, 6) is -4.37. The van der Waals surface area contributed by atoms with Gasteiger partial charge in [0.15, 0.2) is 11.6 Å². The number of rotatable bonds is 3. The van der Waals surface area contributed by atoms with Gasteiger partial charge in [-0.3, -0.25) is 9.89 Å². The molecule has 0 saturated heterocycles. The van der Waals surface area contributed by atoms with Crippen LogP contribution in [0.15, 0.2) is 12.1 Å². The number of aryl methyl sites for hydroxylation is 1. The van der Waals surface area contributed by atoms with E-state index >= 15 is 0 Å². The average molecular weight is 270 g/mol. The molecule has 1 aromatic carbocycles. The third kappa shape index (κ3) is 2.72. The van der Waals surface area contributed by atoms with Gasteiger partial charge in [0.25, 0.3) is 5.91 Å². The second-order valence-electron chi connectivity index (χ2n) is 3.66. The molecule has 0 aliphatic carbocycles. The molecule has 0 atom stereocenters. The Bertz CT molecular complexity index is 626. The normalized spacial score (nSPS) is 10.5. The minimum absolute atomic E-state index is 0.235. The van der Waals surface area contributed by atoms with Crippen molar-refractivity contribution in [2.45, 2.75) is 13.3 Å². The number of amides is 1. The van der Waals surface area contributed by atoms with E-state index in [0.29, 0.717) is 24.4 Å². The molecule has 19 heavy (non-hydrogen) atoms. The fourth-order valence-electron chi connectivity index (χ4n) is 1.38. The summed E-state index contributed by atoms with van der Waals surface area (Å²) in [5.41, 5.74) is -0.606. The number of aromatic amines is 1. The van der Waals surface area contributed by atoms with Crippen molar-refractivity contribution in [2.24, 2.45) is 0 Å². The Labute approximate surface area is 105 Å². The minimum atomic E-state index is -1.39. The third-order valence-electron chi connectivity index (χ3n) is 2.31. The summed E-state index contributed by atoms with van der Waals surface area (Å²) >= 11 is 0. The van der Waals surface area contributed by atoms with Gasteiger partial charge in [-0.15, -0.1) is 5.10 Å². The maximum atomic E-state index is 13.3. The van der Waals surface area contributed by atoms with Crippen LogP contribution in [0.2, 0.25) is 0 Å². The van der Waals surface area contributed by atoms with Crippen molar-refractivity contribution in [3.63, 3.8) is 0 Å². The number of hydrogen-bond donors (Lipinski definition) is 2. The standard InChI is InChI=1S/C11H9F3N4O/c1-2-8-16-10(18-17-8)11(19)15-7-4-5(12)3-6(13)9(7)14/h3-4H,2H2,1H3,(H,15,19)(H,16,17,18). The molecule has 2 aromatic rings. The smallest absolute Gasteiger partial charge is 0.295 e. The van der Waals surface area contributed by atoms with E-state index in [9.17, 15) is 18.0 Å². The number of nitrogens with zero attached hydrogens (tertiary/aromatic N) is 2. The average Bonchev–Trinajstić information content (AvgIpc) is 2.84. The van der Waals surface area contributed by atoms with E-state index in [0.717, 1.165) is 0 Å². The number of benzene rings is 1. The minimum Gasteiger partial charge on any atom is -0.316 e. The number of H-pyrrole nitrogens is 1. The first-order valence-corrected chi connectivity index (χ1v) is 5.38. The summed E-state index contributed by atoms with van der Waals surface area (Å²) in [6, 6.07) is 1.05. The van der Waals surface area contributed by atoms with Gasteiger partial charge in [-0.25, -0.2) is 18.2 Å². The molecule has 0 bridgehead atoms. The van der Waals surface area contributed by atoms with Crippen molar-refractivity contribution in [3.05, 3.63) is 41.2 Å². The van der Waals surface area contributed by atoms with Crippen LogP contribution in [0.3, 0.4) is 0 Å². The second kappa shape index (κ2) is 5.09. The molecule has 0 aliphatic rings. The third-order valence-corrected chi connectivity index (χ3v) is 2.31. The van der Waals surface area contributed by atoms with Crippen LogP contribution in [-0.2, 0) is 6.42 Å². The zero-order valence-electron chi connectivity index (χ0n) is 9.80. The number of aromatic nitrogens is 3. The van der Waals surface area contributed by atoms with Crippen molar-refractivity contribution < 1.29 is 18.0 Å². The zero-order valence-corrected chi connectivity index (χ0v) is 9.80. The Kier molecular flexibility index (Phi) is 3.50. The highest BCUT2D eigenvalue weighted by atomic mass is 19.2. The van der Waals surface area contributed by atoms with Gasteiger partial charge in [0.2, 0.25) is 5.82 Å². The van der Waals surface area contributed by atoms with Crippen LogP contribution in [-0.4, -0.2) is 21.1 Å². The van der Waals surface area contributed by atoms with Crippen molar-refractivity contribution in [1.29, 1.82) is 0 Å². The van der Waals surface area contributed by atoms with Gasteiger partial charge in [-0.2, -0.15) is 0 Å². The first-order chi connectivity index (χ1) is 9.01. The fourth-order valence-corrected chi connectivity index (χ4v) is 1.38. The van der Waals surface area contributed by atoms with E-state index in [4.69, 9.17) is 0 Å². The maximum Gasteiger partial charge on any atom is 0.295 e. The summed E-state index contributed by atoms with van der Waals surface area (Å²) < 4.78 is 39.2. The maximum absolute atomic E-state index is 13.3. The number of carbonyl (C=O) groups excluding carboxylic acids is 1. The largest absolute Gasteiger partial charge is 0.316 e. The number of hydrogen-bond acceptors (Lipinski definition) is 3. The van der Waals surface area contributed by atoms with Gasteiger partial charge in [-0.05, 0) is 0 Å². The van der Waals surface area contributed by atoms with Crippen molar-refractivity contribution >= 4 is 11.6 Å². The highest BCUT2D eigenvalue weighted by Gasteiger charge is 2.17. The Morgan fingerprint density at radius 2 is 2.11 bits per heavy atom. The highest BCUT2D eigenvalue weighted by molar-refractivity contribution is 6.01. The molecule has 1 aromatic heterocycles. The SMILES string of the molecule is CCc1nc(C(=O)Nc2cc(F)cc(F)c2F)n[nH]1. The molecule has 5 nitrogen and oxygen atoms in total. The van der Waals surface area contributed by atoms with E-state index in [2.05, 4.69) is 15.2 Å². The van der Waals surface area contributed by atoms with Crippen molar-refractivity contribution in [2.75, 3.05) is 5.32 Å². The molecule has 2 N–H and O–H groups in total. The molecule has 0 unspecified atom stereocenters. The van der Waals surface area contributed by atoms with Gasteiger partial charge >= 0.3 is 0 Å². The first-order valence-electron chi connectivity index (χ1n) is 5.38. The zero-order chi connectivity index (χ0) is 14.0. The topological polar surface area (TPSA) is 70.7 Å². The molecule has 0 radical (unpaired) electrons. The number of nitrogens with one attached hydrogen (secondary N) is 2. The monoisotopic (exact) mass is 270 g/mol. The molecule has 0 saturated carbocycles. The van der Waals surface area contributed by atoms with Crippen LogP contribution in [0.1, 0.15) is 23.4 Å². The Morgan fingerprint density at radius 3 is 2.74 bits per heavy atom. The van der Waals surface area contributed by atoms with Gasteiger partial charge in [0.1, 0.15) is 11.6 Å². The Balaban J connectivity index is 2.23. The second-order valence-corrected chi connectivity index (χ2v) is 3.66. The number of anilines is 1. The van der Waals surface area contributed by atoms with E-state index < -0.39 is 29.0 Å². The predicted molar refractivity (Wildman–Crippen MR) is 60.0 cm³/mol. The van der Waals surface area contributed by atoms with Gasteiger partial charge < -0.3 is 5.32 Å². The Morgan fingerprint density at radius 1 is 1.37 bits per heavy atom. The molecule has 2 rings (SSSR count). The van der Waals surface area contributed by atoms with Crippen LogP contribution in [0, 0.1) is 17.5 Å². The lowest BCUT2D eigenvalue weighted by molar-refractivity contribution is 0.101. The molecule has 100 valence electrons. The molecule has 8 heteroatoms. The fraction of sp³-hybridized carbons (Fsp3) is 0.182. The van der Waals surface area contributed by atoms with Crippen LogP contribution in [0.5, 0.6) is 0 Å². The lowest BCUT2D eigenvalue weighted by Gasteiger charge is -2.05. The first kappa shape index (κ1) is 13.1. The van der Waals surface area contributed by atoms with E-state index in [-0.39, 0.29) is 5.82 Å². The lowest BCUT2D eigenvalue weighted by atomic mass is 10.2. The summed E-state index contributed by atoms with van der Waals surface area (Å²) in [4.78, 5) is 15.5. The summed E-state index contributed by atoms with van der Waals surface area (Å²) in [7, 11) is 0. The molecule has 0 aliphatic heterocycles. The van der Waals surface area contributed by atoms with Gasteiger partial charge in [-0.1, -0.05) is 6.92 Å². The van der Waals surface area contributed by atoms with Crippen molar-refractivity contribution in [3.8, 4) is 0 Å². The van der Waals surface area contributed by atoms with E-state index in [1.165, 1.54) is 0 Å². The van der Waals surface area contributed by atoms with Crippen molar-refractivity contribution in [1.82, 2.24) is 15.2 Å². The number of halogens is 3. The summed E-state index contributed by atoms with van der Waals surface area (Å²) in [6.45, 7) is 1.80. The molecule has 1 amide bonds. The summed E-state index contributed by atoms with van der Waals surface area (Å²) in [6.07, 6.45) is 0.531. The molecular weight excluding hydrogens is 261 g/mol. The quantitative estimate of drug-likeness (QED) is 0.838.